The van der Waals surface area contributed by atoms with Gasteiger partial charge in [0, 0.05) is 25.3 Å². The Bertz CT molecular complexity index is 848. The summed E-state index contributed by atoms with van der Waals surface area (Å²) in [6, 6.07) is 14.9. The molecular weight excluding hydrogens is 350 g/mol. The number of likely N-dealkylation sites (tertiary alicyclic amines) is 1. The van der Waals surface area contributed by atoms with Crippen molar-refractivity contribution >= 4 is 9.84 Å². The molecule has 1 fully saturated rings. The molecule has 5 nitrogen and oxygen atoms in total. The molecule has 0 spiro atoms. The van der Waals surface area contributed by atoms with Gasteiger partial charge in [-0.05, 0) is 48.4 Å². The third-order valence-electron chi connectivity index (χ3n) is 4.95. The SMILES string of the molecule is COc1cccc([C@H]2CCN(Cc3ccc(S(C)(=O)=O)cc3)C[C@@H]2O)c1. The van der Waals surface area contributed by atoms with Crippen molar-refractivity contribution in [1.82, 2.24) is 4.90 Å². The van der Waals surface area contributed by atoms with Gasteiger partial charge in [-0.2, -0.15) is 0 Å². The Kier molecular flexibility index (Phi) is 5.65. The van der Waals surface area contributed by atoms with Crippen LogP contribution in [0.5, 0.6) is 5.75 Å². The Morgan fingerprint density at radius 3 is 2.54 bits per heavy atom. The Balaban J connectivity index is 1.63. The second kappa shape index (κ2) is 7.78. The zero-order chi connectivity index (χ0) is 18.7. The van der Waals surface area contributed by atoms with Crippen molar-refractivity contribution in [2.45, 2.75) is 29.9 Å². The van der Waals surface area contributed by atoms with Crippen LogP contribution in [0.3, 0.4) is 0 Å². The Hall–Kier alpha value is -1.89. The van der Waals surface area contributed by atoms with Crippen molar-refractivity contribution < 1.29 is 18.3 Å². The first kappa shape index (κ1) is 18.9. The van der Waals surface area contributed by atoms with Gasteiger partial charge in [-0.1, -0.05) is 24.3 Å². The van der Waals surface area contributed by atoms with Crippen molar-refractivity contribution in [3.63, 3.8) is 0 Å². The summed E-state index contributed by atoms with van der Waals surface area (Å²) in [5.41, 5.74) is 2.15. The Labute approximate surface area is 155 Å². The van der Waals surface area contributed by atoms with Gasteiger partial charge in [-0.3, -0.25) is 4.90 Å². The molecule has 26 heavy (non-hydrogen) atoms. The highest BCUT2D eigenvalue weighted by molar-refractivity contribution is 7.90. The Morgan fingerprint density at radius 2 is 1.92 bits per heavy atom. The number of ether oxygens (including phenoxy) is 1. The van der Waals surface area contributed by atoms with Crippen molar-refractivity contribution in [2.24, 2.45) is 0 Å². The number of sulfone groups is 1. The van der Waals surface area contributed by atoms with E-state index in [-0.39, 0.29) is 5.92 Å². The van der Waals surface area contributed by atoms with Crippen LogP contribution in [-0.2, 0) is 16.4 Å². The third kappa shape index (κ3) is 4.44. The van der Waals surface area contributed by atoms with E-state index >= 15 is 0 Å². The topological polar surface area (TPSA) is 66.8 Å². The molecule has 6 heteroatoms. The summed E-state index contributed by atoms with van der Waals surface area (Å²) < 4.78 is 28.4. The molecule has 1 saturated heterocycles. The maximum Gasteiger partial charge on any atom is 0.175 e. The molecular formula is C20H25NO4S. The van der Waals surface area contributed by atoms with Crippen LogP contribution in [0.15, 0.2) is 53.4 Å². The average Bonchev–Trinajstić information content (AvgIpc) is 2.61. The van der Waals surface area contributed by atoms with E-state index < -0.39 is 15.9 Å². The van der Waals surface area contributed by atoms with Gasteiger partial charge in [0.15, 0.2) is 9.84 Å². The van der Waals surface area contributed by atoms with Crippen LogP contribution in [0.25, 0.3) is 0 Å². The highest BCUT2D eigenvalue weighted by Crippen LogP contribution is 2.31. The maximum atomic E-state index is 11.5. The zero-order valence-electron chi connectivity index (χ0n) is 15.1. The van der Waals surface area contributed by atoms with Crippen LogP contribution in [0, 0.1) is 0 Å². The molecule has 140 valence electrons. The van der Waals surface area contributed by atoms with E-state index in [0.717, 1.165) is 29.8 Å². The number of hydrogen-bond donors (Lipinski definition) is 1. The summed E-state index contributed by atoms with van der Waals surface area (Å²) >= 11 is 0. The number of rotatable bonds is 5. The molecule has 0 unspecified atom stereocenters. The summed E-state index contributed by atoms with van der Waals surface area (Å²) in [5, 5.41) is 10.6. The lowest BCUT2D eigenvalue weighted by molar-refractivity contribution is 0.0476. The van der Waals surface area contributed by atoms with Crippen molar-refractivity contribution in [1.29, 1.82) is 0 Å². The minimum absolute atomic E-state index is 0.106. The molecule has 0 radical (unpaired) electrons. The smallest absolute Gasteiger partial charge is 0.175 e. The molecule has 0 amide bonds. The van der Waals surface area contributed by atoms with E-state index in [1.54, 1.807) is 19.2 Å². The predicted molar refractivity (Wildman–Crippen MR) is 101 cm³/mol. The largest absolute Gasteiger partial charge is 0.497 e. The predicted octanol–water partition coefficient (Wildman–Crippen LogP) is 2.45. The van der Waals surface area contributed by atoms with E-state index in [4.69, 9.17) is 4.74 Å². The number of aliphatic hydroxyl groups is 1. The van der Waals surface area contributed by atoms with Crippen molar-refractivity contribution in [3.8, 4) is 5.75 Å². The van der Waals surface area contributed by atoms with Gasteiger partial charge in [-0.15, -0.1) is 0 Å². The summed E-state index contributed by atoms with van der Waals surface area (Å²) in [6.45, 7) is 2.18. The van der Waals surface area contributed by atoms with Crippen LogP contribution < -0.4 is 4.74 Å². The normalized spacial score (nSPS) is 21.5. The van der Waals surface area contributed by atoms with Crippen LogP contribution in [0.2, 0.25) is 0 Å². The van der Waals surface area contributed by atoms with Gasteiger partial charge in [0.25, 0.3) is 0 Å². The number of hydrogen-bond acceptors (Lipinski definition) is 5. The molecule has 1 heterocycles. The molecule has 3 rings (SSSR count). The minimum Gasteiger partial charge on any atom is -0.497 e. The molecule has 1 aliphatic rings. The summed E-state index contributed by atoms with van der Waals surface area (Å²) in [7, 11) is -1.52. The van der Waals surface area contributed by atoms with E-state index in [1.807, 2.05) is 36.4 Å². The fourth-order valence-electron chi connectivity index (χ4n) is 3.50. The number of aliphatic hydroxyl groups excluding tert-OH is 1. The van der Waals surface area contributed by atoms with Crippen LogP contribution in [-0.4, -0.2) is 51.0 Å². The first-order valence-electron chi connectivity index (χ1n) is 8.70. The van der Waals surface area contributed by atoms with Gasteiger partial charge in [0.05, 0.1) is 18.1 Å². The first-order valence-corrected chi connectivity index (χ1v) is 10.6. The standard InChI is InChI=1S/C20H25NO4S/c1-25-17-5-3-4-16(12-17)19-10-11-21(14-20(19)22)13-15-6-8-18(9-7-15)26(2,23)24/h3-9,12,19-20,22H,10-11,13-14H2,1-2H3/t19-,20+/m1/s1. The van der Waals surface area contributed by atoms with Crippen molar-refractivity contribution in [3.05, 3.63) is 59.7 Å². The number of benzene rings is 2. The fourth-order valence-corrected chi connectivity index (χ4v) is 4.13. The molecule has 1 N–H and O–H groups in total. The molecule has 2 aromatic carbocycles. The molecule has 2 aromatic rings. The second-order valence-corrected chi connectivity index (χ2v) is 8.91. The molecule has 0 aromatic heterocycles. The highest BCUT2D eigenvalue weighted by atomic mass is 32.2. The van der Waals surface area contributed by atoms with E-state index in [2.05, 4.69) is 4.90 Å². The summed E-state index contributed by atoms with van der Waals surface area (Å²) in [4.78, 5) is 2.54. The van der Waals surface area contributed by atoms with Crippen molar-refractivity contribution in [2.75, 3.05) is 26.5 Å². The van der Waals surface area contributed by atoms with Gasteiger partial charge < -0.3 is 9.84 Å². The quantitative estimate of drug-likeness (QED) is 0.870. The molecule has 0 aliphatic carbocycles. The van der Waals surface area contributed by atoms with Crippen LogP contribution in [0.4, 0.5) is 0 Å². The second-order valence-electron chi connectivity index (χ2n) is 6.89. The lowest BCUT2D eigenvalue weighted by Crippen LogP contribution is -2.42. The molecule has 0 bridgehead atoms. The lowest BCUT2D eigenvalue weighted by Gasteiger charge is -2.36. The lowest BCUT2D eigenvalue weighted by atomic mass is 9.87. The fraction of sp³-hybridized carbons (Fsp3) is 0.400. The monoisotopic (exact) mass is 375 g/mol. The van der Waals surface area contributed by atoms with Gasteiger partial charge in [0.2, 0.25) is 0 Å². The summed E-state index contributed by atoms with van der Waals surface area (Å²) in [6.07, 6.45) is 1.64. The van der Waals surface area contributed by atoms with Crippen LogP contribution in [0.1, 0.15) is 23.5 Å². The number of piperidine rings is 1. The molecule has 0 saturated carbocycles. The van der Waals surface area contributed by atoms with E-state index in [1.165, 1.54) is 6.26 Å². The molecule has 1 aliphatic heterocycles. The molecule has 2 atom stereocenters. The van der Waals surface area contributed by atoms with Gasteiger partial charge in [0.1, 0.15) is 5.75 Å². The van der Waals surface area contributed by atoms with Gasteiger partial charge >= 0.3 is 0 Å². The van der Waals surface area contributed by atoms with E-state index in [9.17, 15) is 13.5 Å². The minimum atomic E-state index is -3.17. The Morgan fingerprint density at radius 1 is 1.19 bits per heavy atom. The zero-order valence-corrected chi connectivity index (χ0v) is 15.9. The number of methoxy groups -OCH3 is 1. The maximum absolute atomic E-state index is 11.5. The number of β-amino-alcohol motifs (C(OH)–C–C–N with tert-alkyl or cyclic N) is 1. The van der Waals surface area contributed by atoms with E-state index in [0.29, 0.717) is 18.0 Å². The van der Waals surface area contributed by atoms with Gasteiger partial charge in [-0.25, -0.2) is 8.42 Å². The average molecular weight is 375 g/mol. The third-order valence-corrected chi connectivity index (χ3v) is 6.07. The summed E-state index contributed by atoms with van der Waals surface area (Å²) in [5.74, 6) is 0.914. The number of nitrogens with zero attached hydrogens (tertiary/aromatic N) is 1. The first-order chi connectivity index (χ1) is 12.4. The highest BCUT2D eigenvalue weighted by Gasteiger charge is 2.29. The van der Waals surface area contributed by atoms with Crippen LogP contribution >= 0.6 is 0 Å².